The summed E-state index contributed by atoms with van der Waals surface area (Å²) in [4.78, 5) is 22.7. The van der Waals surface area contributed by atoms with Crippen LogP contribution in [0.5, 0.6) is 0 Å². The maximum Gasteiger partial charge on any atom is 0.258 e. The summed E-state index contributed by atoms with van der Waals surface area (Å²) in [5.41, 5.74) is 3.42. The molecule has 0 bridgehead atoms. The lowest BCUT2D eigenvalue weighted by Crippen LogP contribution is -2.13. The quantitative estimate of drug-likeness (QED) is 0.786. The molecule has 22 heavy (non-hydrogen) atoms. The fraction of sp³-hybridized carbons (Fsp3) is 0.333. The highest BCUT2D eigenvalue weighted by atomic mass is 32.1. The summed E-state index contributed by atoms with van der Waals surface area (Å²) >= 11 is 1.56. The molecule has 0 spiro atoms. The molecule has 0 saturated heterocycles. The van der Waals surface area contributed by atoms with Crippen LogP contribution in [0.15, 0.2) is 10.6 Å². The molecule has 0 fully saturated rings. The molecule has 3 aromatic heterocycles. The maximum absolute atomic E-state index is 12.6. The summed E-state index contributed by atoms with van der Waals surface area (Å²) in [7, 11) is 0. The Balaban J connectivity index is 1.71. The number of anilines is 1. The molecule has 1 N–H and O–H groups in total. The van der Waals surface area contributed by atoms with Crippen molar-refractivity contribution in [2.75, 3.05) is 5.32 Å². The number of aryl methyl sites for hydroxylation is 4. The normalized spacial score (nSPS) is 13.5. The zero-order chi connectivity index (χ0) is 15.3. The highest BCUT2D eigenvalue weighted by molar-refractivity contribution is 7.16. The number of nitrogens with one attached hydrogen (secondary N) is 1. The van der Waals surface area contributed by atoms with Crippen LogP contribution < -0.4 is 5.32 Å². The molecular formula is C15H14N4O2S. The minimum atomic E-state index is -0.200. The maximum atomic E-state index is 12.6. The van der Waals surface area contributed by atoms with Crippen LogP contribution in [0.2, 0.25) is 0 Å². The summed E-state index contributed by atoms with van der Waals surface area (Å²) in [6.07, 6.45) is 3.23. The number of amides is 1. The largest absolute Gasteiger partial charge is 0.336 e. The average Bonchev–Trinajstić information content (AvgIpc) is 3.13. The Morgan fingerprint density at radius 1 is 1.32 bits per heavy atom. The molecule has 0 saturated carbocycles. The van der Waals surface area contributed by atoms with Crippen LogP contribution >= 0.6 is 11.3 Å². The van der Waals surface area contributed by atoms with Gasteiger partial charge in [0.2, 0.25) is 0 Å². The molecule has 7 heteroatoms. The molecule has 0 aliphatic heterocycles. The third-order valence-electron chi connectivity index (χ3n) is 3.81. The SMILES string of the molecule is Cc1cc(C(=O)Nc2nc3c(s2)CCC3)c2c(C)noc2n1. The zero-order valence-corrected chi connectivity index (χ0v) is 13.1. The molecule has 4 rings (SSSR count). The van der Waals surface area contributed by atoms with E-state index in [9.17, 15) is 4.79 Å². The number of thiazole rings is 1. The van der Waals surface area contributed by atoms with Gasteiger partial charge in [-0.25, -0.2) is 9.97 Å². The third-order valence-corrected chi connectivity index (χ3v) is 4.88. The number of pyridine rings is 1. The standard InChI is InChI=1S/C15H14N4O2S/c1-7-6-9(12-8(2)19-21-14(12)16-7)13(20)18-15-17-10-4-3-5-11(10)22-15/h6H,3-5H2,1-2H3,(H,17,18,20). The first-order chi connectivity index (χ1) is 10.6. The molecule has 1 aliphatic rings. The van der Waals surface area contributed by atoms with Gasteiger partial charge in [0.15, 0.2) is 5.13 Å². The van der Waals surface area contributed by atoms with E-state index in [0.29, 0.717) is 27.5 Å². The predicted molar refractivity (Wildman–Crippen MR) is 83.4 cm³/mol. The van der Waals surface area contributed by atoms with Gasteiger partial charge in [0.05, 0.1) is 22.3 Å². The minimum absolute atomic E-state index is 0.200. The van der Waals surface area contributed by atoms with E-state index >= 15 is 0 Å². The van der Waals surface area contributed by atoms with Gasteiger partial charge in [0.1, 0.15) is 0 Å². The van der Waals surface area contributed by atoms with Crippen LogP contribution in [0.3, 0.4) is 0 Å². The van der Waals surface area contributed by atoms with Crippen molar-refractivity contribution in [3.8, 4) is 0 Å². The predicted octanol–water partition coefficient (Wildman–Crippen LogP) is 3.04. The lowest BCUT2D eigenvalue weighted by Gasteiger charge is -2.04. The van der Waals surface area contributed by atoms with Gasteiger partial charge in [0.25, 0.3) is 11.6 Å². The van der Waals surface area contributed by atoms with E-state index in [0.717, 1.165) is 30.7 Å². The van der Waals surface area contributed by atoms with Crippen molar-refractivity contribution < 1.29 is 9.32 Å². The van der Waals surface area contributed by atoms with Crippen molar-refractivity contribution in [1.29, 1.82) is 0 Å². The first-order valence-corrected chi connectivity index (χ1v) is 7.97. The Morgan fingerprint density at radius 3 is 3.00 bits per heavy atom. The second-order valence-corrected chi connectivity index (χ2v) is 6.54. The van der Waals surface area contributed by atoms with Gasteiger partial charge < -0.3 is 4.52 Å². The van der Waals surface area contributed by atoms with Gasteiger partial charge in [0, 0.05) is 10.6 Å². The van der Waals surface area contributed by atoms with Crippen molar-refractivity contribution in [2.24, 2.45) is 0 Å². The number of fused-ring (bicyclic) bond motifs is 2. The van der Waals surface area contributed by atoms with Gasteiger partial charge in [-0.2, -0.15) is 0 Å². The Bertz CT molecular complexity index is 875. The minimum Gasteiger partial charge on any atom is -0.336 e. The summed E-state index contributed by atoms with van der Waals surface area (Å²) in [6, 6.07) is 1.75. The summed E-state index contributed by atoms with van der Waals surface area (Å²) in [5.74, 6) is -0.200. The fourth-order valence-corrected chi connectivity index (χ4v) is 3.85. The van der Waals surface area contributed by atoms with Crippen LogP contribution in [0.25, 0.3) is 11.1 Å². The Hall–Kier alpha value is -2.28. The number of aromatic nitrogens is 3. The highest BCUT2D eigenvalue weighted by Gasteiger charge is 2.21. The number of carbonyl (C=O) groups excluding carboxylic acids is 1. The van der Waals surface area contributed by atoms with Crippen molar-refractivity contribution in [1.82, 2.24) is 15.1 Å². The molecule has 3 heterocycles. The molecule has 1 aliphatic carbocycles. The van der Waals surface area contributed by atoms with Crippen molar-refractivity contribution in [3.63, 3.8) is 0 Å². The molecule has 112 valence electrons. The zero-order valence-electron chi connectivity index (χ0n) is 12.3. The summed E-state index contributed by atoms with van der Waals surface area (Å²) in [6.45, 7) is 3.63. The van der Waals surface area contributed by atoms with Crippen molar-refractivity contribution in [2.45, 2.75) is 33.1 Å². The number of carbonyl (C=O) groups is 1. The highest BCUT2D eigenvalue weighted by Crippen LogP contribution is 2.31. The van der Waals surface area contributed by atoms with E-state index in [1.165, 1.54) is 4.88 Å². The lowest BCUT2D eigenvalue weighted by molar-refractivity contribution is 0.102. The van der Waals surface area contributed by atoms with E-state index in [1.807, 2.05) is 6.92 Å². The topological polar surface area (TPSA) is 80.9 Å². The molecule has 0 atom stereocenters. The monoisotopic (exact) mass is 314 g/mol. The number of hydrogen-bond acceptors (Lipinski definition) is 6. The molecular weight excluding hydrogens is 300 g/mol. The van der Waals surface area contributed by atoms with E-state index in [1.54, 1.807) is 24.3 Å². The summed E-state index contributed by atoms with van der Waals surface area (Å²) in [5, 5.41) is 8.11. The second-order valence-electron chi connectivity index (χ2n) is 5.46. The molecule has 0 aromatic carbocycles. The molecule has 0 radical (unpaired) electrons. The lowest BCUT2D eigenvalue weighted by atomic mass is 10.1. The van der Waals surface area contributed by atoms with Crippen molar-refractivity contribution in [3.05, 3.63) is 33.6 Å². The first-order valence-electron chi connectivity index (χ1n) is 7.15. The number of rotatable bonds is 2. The van der Waals surface area contributed by atoms with Crippen LogP contribution in [0.4, 0.5) is 5.13 Å². The fourth-order valence-electron chi connectivity index (χ4n) is 2.81. The van der Waals surface area contributed by atoms with Gasteiger partial charge in [-0.05, 0) is 39.2 Å². The molecule has 6 nitrogen and oxygen atoms in total. The molecule has 1 amide bonds. The van der Waals surface area contributed by atoms with E-state index in [-0.39, 0.29) is 5.91 Å². The Kier molecular flexibility index (Phi) is 2.97. The average molecular weight is 314 g/mol. The van der Waals surface area contributed by atoms with Gasteiger partial charge in [-0.1, -0.05) is 5.16 Å². The number of hydrogen-bond donors (Lipinski definition) is 1. The van der Waals surface area contributed by atoms with Gasteiger partial charge in [-0.3, -0.25) is 10.1 Å². The summed E-state index contributed by atoms with van der Waals surface area (Å²) < 4.78 is 5.17. The van der Waals surface area contributed by atoms with Crippen LogP contribution in [0.1, 0.15) is 38.7 Å². The van der Waals surface area contributed by atoms with E-state index in [4.69, 9.17) is 4.52 Å². The van der Waals surface area contributed by atoms with Crippen LogP contribution in [0, 0.1) is 13.8 Å². The van der Waals surface area contributed by atoms with E-state index in [2.05, 4.69) is 20.4 Å². The van der Waals surface area contributed by atoms with Crippen LogP contribution in [-0.4, -0.2) is 21.0 Å². The first kappa shape index (κ1) is 13.4. The number of nitrogens with zero attached hydrogens (tertiary/aromatic N) is 3. The smallest absolute Gasteiger partial charge is 0.258 e. The van der Waals surface area contributed by atoms with Crippen LogP contribution in [-0.2, 0) is 12.8 Å². The second kappa shape index (κ2) is 4.88. The van der Waals surface area contributed by atoms with Gasteiger partial charge >= 0.3 is 0 Å². The Labute approximate surface area is 130 Å². The molecule has 0 unspecified atom stereocenters. The van der Waals surface area contributed by atoms with E-state index < -0.39 is 0 Å². The van der Waals surface area contributed by atoms with Gasteiger partial charge in [-0.15, -0.1) is 11.3 Å². The third kappa shape index (κ3) is 2.09. The van der Waals surface area contributed by atoms with Crippen molar-refractivity contribution >= 4 is 33.5 Å². The molecule has 3 aromatic rings. The Morgan fingerprint density at radius 2 is 2.18 bits per heavy atom.